The van der Waals surface area contributed by atoms with Crippen LogP contribution in [-0.4, -0.2) is 31.8 Å². The fraction of sp³-hybridized carbons (Fsp3) is 0.462. The predicted molar refractivity (Wildman–Crippen MR) is 68.2 cm³/mol. The van der Waals surface area contributed by atoms with Crippen LogP contribution in [0.3, 0.4) is 0 Å². The van der Waals surface area contributed by atoms with Gasteiger partial charge in [-0.05, 0) is 11.6 Å². The molecule has 8 heteroatoms. The van der Waals surface area contributed by atoms with Crippen molar-refractivity contribution in [1.29, 1.82) is 0 Å². The van der Waals surface area contributed by atoms with E-state index in [-0.39, 0.29) is 12.3 Å². The molecule has 5 nitrogen and oxygen atoms in total. The molecule has 118 valence electrons. The Morgan fingerprint density at radius 3 is 2.38 bits per heavy atom. The van der Waals surface area contributed by atoms with Gasteiger partial charge in [-0.25, -0.2) is 0 Å². The Labute approximate surface area is 119 Å². The van der Waals surface area contributed by atoms with Gasteiger partial charge in [-0.2, -0.15) is 13.2 Å². The number of ether oxygens (including phenoxy) is 2. The first kappa shape index (κ1) is 17.1. The highest BCUT2D eigenvalue weighted by atomic mass is 19.4. The molecular weight excluding hydrogens is 291 g/mol. The number of halogens is 3. The maximum absolute atomic E-state index is 13.2. The lowest BCUT2D eigenvalue weighted by Crippen LogP contribution is -2.27. The Morgan fingerprint density at radius 1 is 1.33 bits per heavy atom. The Bertz CT molecular complexity index is 517. The summed E-state index contributed by atoms with van der Waals surface area (Å²) in [6.07, 6.45) is -6.27. The van der Waals surface area contributed by atoms with Crippen molar-refractivity contribution in [2.24, 2.45) is 0 Å². The van der Waals surface area contributed by atoms with E-state index < -0.39 is 35.1 Å². The van der Waals surface area contributed by atoms with Crippen LogP contribution in [-0.2, 0) is 11.0 Å². The summed E-state index contributed by atoms with van der Waals surface area (Å²) in [5.74, 6) is -1.06. The van der Waals surface area contributed by atoms with Crippen molar-refractivity contribution >= 4 is 5.91 Å². The normalized spacial score (nSPS) is 12.7. The number of aliphatic hydroxyl groups is 1. The van der Waals surface area contributed by atoms with Gasteiger partial charge in [0.2, 0.25) is 5.91 Å². The van der Waals surface area contributed by atoms with E-state index in [0.29, 0.717) is 0 Å². The zero-order valence-electron chi connectivity index (χ0n) is 11.7. The third-order valence-electron chi connectivity index (χ3n) is 2.76. The van der Waals surface area contributed by atoms with Crippen LogP contribution in [0.4, 0.5) is 13.2 Å². The molecule has 1 aromatic rings. The maximum Gasteiger partial charge on any atom is 0.420 e. The van der Waals surface area contributed by atoms with Gasteiger partial charge in [0.05, 0.1) is 20.3 Å². The Balaban J connectivity index is 3.34. The van der Waals surface area contributed by atoms with Crippen LogP contribution in [0.5, 0.6) is 11.5 Å². The molecule has 0 radical (unpaired) electrons. The van der Waals surface area contributed by atoms with Gasteiger partial charge < -0.3 is 19.9 Å². The second-order valence-electron chi connectivity index (χ2n) is 4.22. The van der Waals surface area contributed by atoms with Gasteiger partial charge >= 0.3 is 6.18 Å². The SMILES string of the molecule is COc1ccc(C(O)CNC(C)=O)c(C(F)(F)F)c1OC. The molecule has 0 bridgehead atoms. The van der Waals surface area contributed by atoms with Crippen LogP contribution in [0.25, 0.3) is 0 Å². The number of hydrogen-bond donors (Lipinski definition) is 2. The summed E-state index contributed by atoms with van der Waals surface area (Å²) in [6.45, 7) is 0.861. The minimum absolute atomic E-state index is 0.0969. The molecule has 0 saturated carbocycles. The second-order valence-corrected chi connectivity index (χ2v) is 4.22. The monoisotopic (exact) mass is 307 g/mol. The fourth-order valence-electron chi connectivity index (χ4n) is 1.86. The average Bonchev–Trinajstić information content (AvgIpc) is 2.41. The predicted octanol–water partition coefficient (Wildman–Crippen LogP) is 1.89. The third-order valence-corrected chi connectivity index (χ3v) is 2.76. The number of hydrogen-bond acceptors (Lipinski definition) is 4. The number of rotatable bonds is 5. The molecule has 21 heavy (non-hydrogen) atoms. The average molecular weight is 307 g/mol. The number of alkyl halides is 3. The van der Waals surface area contributed by atoms with Crippen molar-refractivity contribution < 1.29 is 32.5 Å². The number of carbonyl (C=O) groups excluding carboxylic acids is 1. The minimum atomic E-state index is -4.74. The maximum atomic E-state index is 13.2. The summed E-state index contributed by atoms with van der Waals surface area (Å²) in [6, 6.07) is 2.36. The van der Waals surface area contributed by atoms with Gasteiger partial charge in [0.1, 0.15) is 5.56 Å². The van der Waals surface area contributed by atoms with E-state index in [2.05, 4.69) is 5.32 Å². The highest BCUT2D eigenvalue weighted by molar-refractivity contribution is 5.72. The van der Waals surface area contributed by atoms with Crippen LogP contribution in [0.1, 0.15) is 24.2 Å². The van der Waals surface area contributed by atoms with E-state index in [1.165, 1.54) is 20.1 Å². The summed E-state index contributed by atoms with van der Waals surface area (Å²) in [5.41, 5.74) is -1.52. The van der Waals surface area contributed by atoms with Crippen molar-refractivity contribution in [2.75, 3.05) is 20.8 Å². The number of methoxy groups -OCH3 is 2. The van der Waals surface area contributed by atoms with Gasteiger partial charge in [-0.15, -0.1) is 0 Å². The zero-order valence-corrected chi connectivity index (χ0v) is 11.7. The van der Waals surface area contributed by atoms with Crippen LogP contribution in [0.15, 0.2) is 12.1 Å². The number of benzene rings is 1. The fourth-order valence-corrected chi connectivity index (χ4v) is 1.86. The molecule has 0 spiro atoms. The quantitative estimate of drug-likeness (QED) is 0.872. The highest BCUT2D eigenvalue weighted by Crippen LogP contribution is 2.45. The topological polar surface area (TPSA) is 67.8 Å². The molecule has 1 unspecified atom stereocenters. The molecule has 1 amide bonds. The minimum Gasteiger partial charge on any atom is -0.493 e. The smallest absolute Gasteiger partial charge is 0.420 e. The lowest BCUT2D eigenvalue weighted by molar-refractivity contribution is -0.140. The van der Waals surface area contributed by atoms with E-state index >= 15 is 0 Å². The summed E-state index contributed by atoms with van der Waals surface area (Å²) in [7, 11) is 2.29. The van der Waals surface area contributed by atoms with Crippen molar-refractivity contribution in [1.82, 2.24) is 5.32 Å². The molecular formula is C13H16F3NO4. The van der Waals surface area contributed by atoms with Crippen molar-refractivity contribution in [3.05, 3.63) is 23.3 Å². The van der Waals surface area contributed by atoms with Crippen molar-refractivity contribution in [2.45, 2.75) is 19.2 Å². The van der Waals surface area contributed by atoms with Crippen LogP contribution >= 0.6 is 0 Å². The Morgan fingerprint density at radius 2 is 1.95 bits per heavy atom. The van der Waals surface area contributed by atoms with Crippen molar-refractivity contribution in [3.63, 3.8) is 0 Å². The molecule has 0 heterocycles. The molecule has 1 rings (SSSR count). The standard InChI is InChI=1S/C13H16F3NO4/c1-7(18)17-6-9(19)8-4-5-10(20-2)12(21-3)11(8)13(14,15)16/h4-5,9,19H,6H2,1-3H3,(H,17,18). The number of aliphatic hydroxyl groups excluding tert-OH is 1. The molecule has 0 aromatic heterocycles. The summed E-state index contributed by atoms with van der Waals surface area (Å²) in [4.78, 5) is 10.8. The first-order valence-electron chi connectivity index (χ1n) is 5.97. The number of carbonyl (C=O) groups is 1. The van der Waals surface area contributed by atoms with E-state index in [1.54, 1.807) is 0 Å². The zero-order chi connectivity index (χ0) is 16.2. The van der Waals surface area contributed by atoms with E-state index in [4.69, 9.17) is 9.47 Å². The van der Waals surface area contributed by atoms with Gasteiger partial charge in [0, 0.05) is 13.5 Å². The molecule has 0 aliphatic carbocycles. The third kappa shape index (κ3) is 4.01. The van der Waals surface area contributed by atoms with Gasteiger partial charge in [0.15, 0.2) is 11.5 Å². The Kier molecular flexibility index (Phi) is 5.42. The van der Waals surface area contributed by atoms with Crippen LogP contribution in [0.2, 0.25) is 0 Å². The second kappa shape index (κ2) is 6.66. The van der Waals surface area contributed by atoms with E-state index in [9.17, 15) is 23.1 Å². The van der Waals surface area contributed by atoms with Gasteiger partial charge in [-0.3, -0.25) is 4.79 Å². The summed E-state index contributed by atoms with van der Waals surface area (Å²) in [5, 5.41) is 12.1. The lowest BCUT2D eigenvalue weighted by atomic mass is 10.00. The van der Waals surface area contributed by atoms with Crippen LogP contribution < -0.4 is 14.8 Å². The van der Waals surface area contributed by atoms with Crippen molar-refractivity contribution in [3.8, 4) is 11.5 Å². The molecule has 2 N–H and O–H groups in total. The van der Waals surface area contributed by atoms with Gasteiger partial charge in [-0.1, -0.05) is 6.07 Å². The summed E-state index contributed by atoms with van der Waals surface area (Å²) < 4.78 is 49.3. The molecule has 0 fully saturated rings. The molecule has 0 saturated heterocycles. The lowest BCUT2D eigenvalue weighted by Gasteiger charge is -2.21. The Hall–Kier alpha value is -1.96. The highest BCUT2D eigenvalue weighted by Gasteiger charge is 2.40. The molecule has 0 aliphatic heterocycles. The van der Waals surface area contributed by atoms with E-state index in [1.807, 2.05) is 0 Å². The van der Waals surface area contributed by atoms with Gasteiger partial charge in [0.25, 0.3) is 0 Å². The molecule has 1 atom stereocenters. The van der Waals surface area contributed by atoms with E-state index in [0.717, 1.165) is 13.2 Å². The first-order valence-corrected chi connectivity index (χ1v) is 5.97. The summed E-state index contributed by atoms with van der Waals surface area (Å²) >= 11 is 0. The molecule has 0 aliphatic rings. The number of amides is 1. The first-order chi connectivity index (χ1) is 9.72. The molecule has 1 aromatic carbocycles. The van der Waals surface area contributed by atoms with Crippen LogP contribution in [0, 0.1) is 0 Å². The largest absolute Gasteiger partial charge is 0.493 e. The number of nitrogens with one attached hydrogen (secondary N) is 1.